The molecule has 8 heteroatoms. The van der Waals surface area contributed by atoms with E-state index in [0.29, 0.717) is 34.6 Å². The molecule has 0 atom stereocenters. The molecule has 0 unspecified atom stereocenters. The summed E-state index contributed by atoms with van der Waals surface area (Å²) in [6.45, 7) is 5.68. The number of nitrogen functional groups attached to an aromatic ring is 1. The average Bonchev–Trinajstić information content (AvgIpc) is 2.87. The summed E-state index contributed by atoms with van der Waals surface area (Å²) in [6, 6.07) is 13.4. The first-order valence-corrected chi connectivity index (χ1v) is 11.5. The summed E-state index contributed by atoms with van der Waals surface area (Å²) in [5.41, 5.74) is 9.53. The normalized spacial score (nSPS) is 14.1. The van der Waals surface area contributed by atoms with Crippen LogP contribution in [0.2, 0.25) is 0 Å². The highest BCUT2D eigenvalue weighted by molar-refractivity contribution is 6.00. The molecule has 34 heavy (non-hydrogen) atoms. The van der Waals surface area contributed by atoms with Gasteiger partial charge in [-0.25, -0.2) is 4.98 Å². The number of anilines is 3. The van der Waals surface area contributed by atoms with Crippen LogP contribution in [0.3, 0.4) is 0 Å². The van der Waals surface area contributed by atoms with Crippen LogP contribution in [0, 0.1) is 0 Å². The van der Waals surface area contributed by atoms with Crippen molar-refractivity contribution in [3.63, 3.8) is 0 Å². The number of nitrogens with zero attached hydrogens (tertiary/aromatic N) is 4. The van der Waals surface area contributed by atoms with Gasteiger partial charge in [0.1, 0.15) is 17.3 Å². The monoisotopic (exact) mass is 459 g/mol. The molecule has 1 aliphatic rings. The van der Waals surface area contributed by atoms with Crippen molar-refractivity contribution in [2.45, 2.75) is 6.92 Å². The summed E-state index contributed by atoms with van der Waals surface area (Å²) in [6.07, 6.45) is 1.82. The molecular formula is C26H29N5O3. The predicted octanol–water partition coefficient (Wildman–Crippen LogP) is 3.40. The van der Waals surface area contributed by atoms with Gasteiger partial charge in [0.15, 0.2) is 0 Å². The van der Waals surface area contributed by atoms with Crippen LogP contribution < -0.4 is 30.4 Å². The van der Waals surface area contributed by atoms with Gasteiger partial charge < -0.3 is 29.6 Å². The molecule has 0 spiro atoms. The molecule has 176 valence electrons. The van der Waals surface area contributed by atoms with E-state index < -0.39 is 0 Å². The van der Waals surface area contributed by atoms with Crippen LogP contribution in [0.4, 0.5) is 17.2 Å². The van der Waals surface area contributed by atoms with Crippen LogP contribution in [-0.4, -0.2) is 49.4 Å². The minimum Gasteiger partial charge on any atom is -0.497 e. The van der Waals surface area contributed by atoms with Crippen molar-refractivity contribution >= 4 is 39.0 Å². The lowest BCUT2D eigenvalue weighted by atomic mass is 10.1. The van der Waals surface area contributed by atoms with Crippen molar-refractivity contribution in [1.82, 2.24) is 9.55 Å². The minimum absolute atomic E-state index is 0.0903. The summed E-state index contributed by atoms with van der Waals surface area (Å²) >= 11 is 0. The van der Waals surface area contributed by atoms with E-state index in [2.05, 4.69) is 14.8 Å². The van der Waals surface area contributed by atoms with Crippen molar-refractivity contribution in [2.24, 2.45) is 7.05 Å². The van der Waals surface area contributed by atoms with E-state index in [-0.39, 0.29) is 5.43 Å². The zero-order valence-corrected chi connectivity index (χ0v) is 19.7. The lowest BCUT2D eigenvalue weighted by Gasteiger charge is -2.37. The molecule has 1 fully saturated rings. The molecule has 0 aliphatic carbocycles. The molecule has 2 aromatic carbocycles. The van der Waals surface area contributed by atoms with Gasteiger partial charge in [-0.1, -0.05) is 6.07 Å². The van der Waals surface area contributed by atoms with Gasteiger partial charge >= 0.3 is 0 Å². The highest BCUT2D eigenvalue weighted by atomic mass is 16.5. The van der Waals surface area contributed by atoms with Crippen LogP contribution >= 0.6 is 0 Å². The van der Waals surface area contributed by atoms with Gasteiger partial charge in [0.05, 0.1) is 41.5 Å². The van der Waals surface area contributed by atoms with Crippen LogP contribution in [0.5, 0.6) is 11.5 Å². The van der Waals surface area contributed by atoms with Gasteiger partial charge in [-0.15, -0.1) is 0 Å². The van der Waals surface area contributed by atoms with Crippen LogP contribution in [0.25, 0.3) is 21.8 Å². The molecule has 0 amide bonds. The summed E-state index contributed by atoms with van der Waals surface area (Å²) in [5, 5.41) is 1.11. The van der Waals surface area contributed by atoms with Crippen LogP contribution in [-0.2, 0) is 7.05 Å². The van der Waals surface area contributed by atoms with Gasteiger partial charge in [-0.3, -0.25) is 4.79 Å². The summed E-state index contributed by atoms with van der Waals surface area (Å²) in [7, 11) is 3.57. The molecule has 3 heterocycles. The second kappa shape index (κ2) is 8.78. The van der Waals surface area contributed by atoms with Gasteiger partial charge in [-0.05, 0) is 31.2 Å². The van der Waals surface area contributed by atoms with E-state index in [9.17, 15) is 4.79 Å². The van der Waals surface area contributed by atoms with Crippen molar-refractivity contribution in [1.29, 1.82) is 0 Å². The summed E-state index contributed by atoms with van der Waals surface area (Å²) in [5.74, 6) is 2.15. The minimum atomic E-state index is -0.0903. The molecule has 0 bridgehead atoms. The highest BCUT2D eigenvalue weighted by Crippen LogP contribution is 2.34. The van der Waals surface area contributed by atoms with Crippen molar-refractivity contribution in [3.05, 3.63) is 58.9 Å². The fourth-order valence-electron chi connectivity index (χ4n) is 4.77. The highest BCUT2D eigenvalue weighted by Gasteiger charge is 2.22. The van der Waals surface area contributed by atoms with Crippen molar-refractivity contribution in [2.75, 3.05) is 55.4 Å². The van der Waals surface area contributed by atoms with Gasteiger partial charge in [-0.2, -0.15) is 0 Å². The quantitative estimate of drug-likeness (QED) is 0.362. The number of fused-ring (bicyclic) bond motifs is 2. The maximum Gasteiger partial charge on any atom is 0.201 e. The van der Waals surface area contributed by atoms with Crippen molar-refractivity contribution in [3.8, 4) is 11.5 Å². The standard InChI is InChI=1S/C26H29N5O3/c1-4-34-23-14-17(33-3)13-22-25(23)26(32)18-15-19(27)21(16-20(18)29(22)2)30-9-11-31(12-10-30)24-7-5-6-8-28-24/h5-8,13-16H,4,9-12,27H2,1-3H3. The topological polar surface area (TPSA) is 85.8 Å². The molecular weight excluding hydrogens is 430 g/mol. The van der Waals surface area contributed by atoms with Crippen LogP contribution in [0.15, 0.2) is 53.5 Å². The predicted molar refractivity (Wildman–Crippen MR) is 137 cm³/mol. The number of aryl methyl sites for hydroxylation is 1. The Balaban J connectivity index is 1.58. The molecule has 4 aromatic rings. The number of ether oxygens (including phenoxy) is 2. The fourth-order valence-corrected chi connectivity index (χ4v) is 4.77. The first-order chi connectivity index (χ1) is 16.5. The number of benzene rings is 2. The Morgan fingerprint density at radius 1 is 1.03 bits per heavy atom. The second-order valence-corrected chi connectivity index (χ2v) is 8.43. The Kier molecular flexibility index (Phi) is 5.65. The summed E-state index contributed by atoms with van der Waals surface area (Å²) in [4.78, 5) is 22.6. The molecule has 8 nitrogen and oxygen atoms in total. The molecule has 2 N–H and O–H groups in total. The Morgan fingerprint density at radius 2 is 1.79 bits per heavy atom. The Bertz CT molecular complexity index is 1410. The third-order valence-electron chi connectivity index (χ3n) is 6.52. The largest absolute Gasteiger partial charge is 0.497 e. The molecule has 1 saturated heterocycles. The first kappa shape index (κ1) is 21.9. The molecule has 2 aromatic heterocycles. The average molecular weight is 460 g/mol. The Morgan fingerprint density at radius 3 is 2.47 bits per heavy atom. The number of hydrogen-bond acceptors (Lipinski definition) is 7. The third kappa shape index (κ3) is 3.65. The zero-order valence-electron chi connectivity index (χ0n) is 19.7. The smallest absolute Gasteiger partial charge is 0.201 e. The molecule has 0 radical (unpaired) electrons. The number of aromatic nitrogens is 2. The maximum atomic E-state index is 13.6. The fraction of sp³-hybridized carbons (Fsp3) is 0.308. The number of methoxy groups -OCH3 is 1. The number of hydrogen-bond donors (Lipinski definition) is 1. The second-order valence-electron chi connectivity index (χ2n) is 8.43. The van der Waals surface area contributed by atoms with Gasteiger partial charge in [0.25, 0.3) is 0 Å². The third-order valence-corrected chi connectivity index (χ3v) is 6.52. The Labute approximate surface area is 198 Å². The number of rotatable bonds is 5. The van der Waals surface area contributed by atoms with Crippen LogP contribution in [0.1, 0.15) is 6.92 Å². The van der Waals surface area contributed by atoms with E-state index >= 15 is 0 Å². The van der Waals surface area contributed by atoms with E-state index in [1.165, 1.54) is 0 Å². The number of pyridine rings is 2. The van der Waals surface area contributed by atoms with Gasteiger partial charge in [0.2, 0.25) is 5.43 Å². The van der Waals surface area contributed by atoms with E-state index in [4.69, 9.17) is 15.2 Å². The van der Waals surface area contributed by atoms with Crippen molar-refractivity contribution < 1.29 is 9.47 Å². The molecule has 0 saturated carbocycles. The SMILES string of the molecule is CCOc1cc(OC)cc2c1c(=O)c1cc(N)c(N3CCN(c4ccccn4)CC3)cc1n2C. The molecule has 5 rings (SSSR count). The zero-order chi connectivity index (χ0) is 23.8. The van der Waals surface area contributed by atoms with E-state index in [1.807, 2.05) is 55.1 Å². The Hall–Kier alpha value is -3.94. The number of piperazine rings is 1. The molecule has 1 aliphatic heterocycles. The summed E-state index contributed by atoms with van der Waals surface area (Å²) < 4.78 is 13.3. The van der Waals surface area contributed by atoms with Gasteiger partial charge in [0, 0.05) is 56.9 Å². The lowest BCUT2D eigenvalue weighted by Crippen LogP contribution is -2.47. The van der Waals surface area contributed by atoms with E-state index in [0.717, 1.165) is 48.7 Å². The first-order valence-electron chi connectivity index (χ1n) is 11.5. The maximum absolute atomic E-state index is 13.6. The number of nitrogens with two attached hydrogens (primary N) is 1. The van der Waals surface area contributed by atoms with E-state index in [1.54, 1.807) is 19.2 Å². The lowest BCUT2D eigenvalue weighted by molar-refractivity contribution is 0.340.